The van der Waals surface area contributed by atoms with Gasteiger partial charge in [-0.1, -0.05) is 19.3 Å². The lowest BCUT2D eigenvalue weighted by Gasteiger charge is -2.35. The Kier molecular flexibility index (Phi) is 5.59. The van der Waals surface area contributed by atoms with E-state index in [0.717, 1.165) is 25.8 Å². The number of ether oxygens (including phenoxy) is 2. The smallest absolute Gasteiger partial charge is 0.327 e. The lowest BCUT2D eigenvalue weighted by Crippen LogP contribution is -2.57. The van der Waals surface area contributed by atoms with Crippen LogP contribution >= 0.6 is 0 Å². The van der Waals surface area contributed by atoms with Crippen LogP contribution in [0.4, 0.5) is 0 Å². The van der Waals surface area contributed by atoms with E-state index in [1.165, 1.54) is 7.11 Å². The van der Waals surface area contributed by atoms with E-state index in [1.807, 2.05) is 0 Å². The predicted octanol–water partition coefficient (Wildman–Crippen LogP) is -0.230. The molecule has 1 aliphatic carbocycles. The van der Waals surface area contributed by atoms with E-state index in [-0.39, 0.29) is 11.9 Å². The zero-order valence-electron chi connectivity index (χ0n) is 12.4. The molecule has 1 saturated heterocycles. The molecule has 0 aromatic carbocycles. The summed E-state index contributed by atoms with van der Waals surface area (Å²) < 4.78 is 37.6. The average Bonchev–Trinajstić information content (AvgIpc) is 2.47. The molecule has 0 radical (unpaired) electrons. The van der Waals surface area contributed by atoms with Crippen LogP contribution in [0.25, 0.3) is 0 Å². The van der Waals surface area contributed by atoms with Gasteiger partial charge < -0.3 is 14.8 Å². The summed E-state index contributed by atoms with van der Waals surface area (Å²) in [6, 6.07) is 0. The number of sulfonamides is 1. The summed E-state index contributed by atoms with van der Waals surface area (Å²) >= 11 is 0. The summed E-state index contributed by atoms with van der Waals surface area (Å²) in [5.74, 6) is -0.632. The molecule has 2 N–H and O–H groups in total. The van der Waals surface area contributed by atoms with E-state index in [2.05, 4.69) is 10.0 Å². The Balaban J connectivity index is 2.05. The van der Waals surface area contributed by atoms with Gasteiger partial charge in [0.15, 0.2) is 0 Å². The molecule has 2 aliphatic rings. The number of rotatable bonds is 5. The number of carbonyl (C=O) groups is 1. The van der Waals surface area contributed by atoms with Crippen molar-refractivity contribution in [3.63, 3.8) is 0 Å². The third-order valence-electron chi connectivity index (χ3n) is 4.04. The summed E-state index contributed by atoms with van der Waals surface area (Å²) in [6.07, 6.45) is 3.24. The number of morpholine rings is 1. The molecule has 1 unspecified atom stereocenters. The van der Waals surface area contributed by atoms with Gasteiger partial charge in [-0.15, -0.1) is 0 Å². The first-order valence-corrected chi connectivity index (χ1v) is 9.05. The highest BCUT2D eigenvalue weighted by Gasteiger charge is 2.44. The molecule has 21 heavy (non-hydrogen) atoms. The summed E-state index contributed by atoms with van der Waals surface area (Å²) in [7, 11) is -2.32. The summed E-state index contributed by atoms with van der Waals surface area (Å²) in [5.41, 5.74) is -1.10. The molecule has 2 fully saturated rings. The van der Waals surface area contributed by atoms with Crippen LogP contribution in [0.1, 0.15) is 32.1 Å². The van der Waals surface area contributed by atoms with Crippen molar-refractivity contribution >= 4 is 16.0 Å². The largest absolute Gasteiger partial charge is 0.468 e. The first kappa shape index (κ1) is 16.7. The van der Waals surface area contributed by atoms with Gasteiger partial charge in [-0.05, 0) is 12.8 Å². The maximum Gasteiger partial charge on any atom is 0.327 e. The number of carbonyl (C=O) groups excluding carboxylic acids is 1. The predicted molar refractivity (Wildman–Crippen MR) is 77.4 cm³/mol. The van der Waals surface area contributed by atoms with E-state index >= 15 is 0 Å². The normalized spacial score (nSPS) is 26.2. The summed E-state index contributed by atoms with van der Waals surface area (Å²) in [4.78, 5) is 12.1. The monoisotopic (exact) mass is 320 g/mol. The molecule has 1 saturated carbocycles. The van der Waals surface area contributed by atoms with Gasteiger partial charge in [0.1, 0.15) is 5.54 Å². The third-order valence-corrected chi connectivity index (χ3v) is 5.56. The standard InChI is InChI=1S/C13H24N2O5S/c1-19-12(16)13(5-3-2-4-6-13)15-21(17,18)10-11-9-14-7-8-20-11/h11,14-15H,2-10H2,1H3. The fraction of sp³-hybridized carbons (Fsp3) is 0.923. The molecule has 0 amide bonds. The van der Waals surface area contributed by atoms with Crippen molar-refractivity contribution in [3.8, 4) is 0 Å². The quantitative estimate of drug-likeness (QED) is 0.680. The zero-order valence-corrected chi connectivity index (χ0v) is 13.2. The topological polar surface area (TPSA) is 93.7 Å². The van der Waals surface area contributed by atoms with Gasteiger partial charge in [-0.2, -0.15) is 4.72 Å². The Morgan fingerprint density at radius 3 is 2.67 bits per heavy atom. The van der Waals surface area contributed by atoms with Crippen molar-refractivity contribution in [1.82, 2.24) is 10.0 Å². The van der Waals surface area contributed by atoms with Gasteiger partial charge in [0, 0.05) is 13.1 Å². The second-order valence-corrected chi connectivity index (χ2v) is 7.48. The van der Waals surface area contributed by atoms with E-state index in [1.54, 1.807) is 0 Å². The van der Waals surface area contributed by atoms with Crippen molar-refractivity contribution in [2.75, 3.05) is 32.6 Å². The highest BCUT2D eigenvalue weighted by Crippen LogP contribution is 2.30. The fourth-order valence-electron chi connectivity index (χ4n) is 3.01. The van der Waals surface area contributed by atoms with Crippen LogP contribution in [0.3, 0.4) is 0 Å². The van der Waals surface area contributed by atoms with Crippen LogP contribution in [0.5, 0.6) is 0 Å². The van der Waals surface area contributed by atoms with Crippen molar-refractivity contribution < 1.29 is 22.7 Å². The van der Waals surface area contributed by atoms with Crippen LogP contribution in [-0.4, -0.2) is 58.6 Å². The molecule has 1 aliphatic heterocycles. The van der Waals surface area contributed by atoms with Crippen molar-refractivity contribution in [2.45, 2.75) is 43.7 Å². The lowest BCUT2D eigenvalue weighted by molar-refractivity contribution is -0.149. The second-order valence-electron chi connectivity index (χ2n) is 5.71. The van der Waals surface area contributed by atoms with E-state index in [4.69, 9.17) is 9.47 Å². The Labute approximate surface area is 125 Å². The summed E-state index contributed by atoms with van der Waals surface area (Å²) in [5, 5.41) is 3.10. The maximum absolute atomic E-state index is 12.4. The van der Waals surface area contributed by atoms with Crippen LogP contribution < -0.4 is 10.0 Å². The van der Waals surface area contributed by atoms with Gasteiger partial charge in [-0.3, -0.25) is 4.79 Å². The first-order valence-electron chi connectivity index (χ1n) is 7.40. The highest BCUT2D eigenvalue weighted by molar-refractivity contribution is 7.89. The molecule has 0 aromatic heterocycles. The number of methoxy groups -OCH3 is 1. The number of esters is 1. The molecule has 8 heteroatoms. The van der Waals surface area contributed by atoms with Crippen molar-refractivity contribution in [1.29, 1.82) is 0 Å². The molecule has 1 heterocycles. The average molecular weight is 320 g/mol. The van der Waals surface area contributed by atoms with E-state index in [9.17, 15) is 13.2 Å². The van der Waals surface area contributed by atoms with Gasteiger partial charge in [0.05, 0.1) is 25.6 Å². The Bertz CT molecular complexity index is 453. The highest BCUT2D eigenvalue weighted by atomic mass is 32.2. The minimum absolute atomic E-state index is 0.140. The SMILES string of the molecule is COC(=O)C1(NS(=O)(=O)CC2CNCCO2)CCCCC1. The zero-order chi connectivity index (χ0) is 15.3. The molecule has 0 spiro atoms. The molecule has 122 valence electrons. The Hall–Kier alpha value is -0.700. The van der Waals surface area contributed by atoms with E-state index < -0.39 is 21.5 Å². The molecule has 0 bridgehead atoms. The lowest BCUT2D eigenvalue weighted by atomic mass is 9.83. The van der Waals surface area contributed by atoms with Gasteiger partial charge in [0.2, 0.25) is 10.0 Å². The third kappa shape index (κ3) is 4.38. The number of hydrogen-bond donors (Lipinski definition) is 2. The summed E-state index contributed by atoms with van der Waals surface area (Å²) in [6.45, 7) is 1.74. The molecular weight excluding hydrogens is 296 g/mol. The minimum atomic E-state index is -3.61. The maximum atomic E-state index is 12.4. The van der Waals surface area contributed by atoms with Gasteiger partial charge >= 0.3 is 5.97 Å². The first-order chi connectivity index (χ1) is 9.97. The molecular formula is C13H24N2O5S. The van der Waals surface area contributed by atoms with Crippen LogP contribution in [0.15, 0.2) is 0 Å². The van der Waals surface area contributed by atoms with Gasteiger partial charge in [0.25, 0.3) is 0 Å². The van der Waals surface area contributed by atoms with Crippen LogP contribution in [0, 0.1) is 0 Å². The number of nitrogens with one attached hydrogen (secondary N) is 2. The van der Waals surface area contributed by atoms with Crippen molar-refractivity contribution in [2.24, 2.45) is 0 Å². The van der Waals surface area contributed by atoms with Crippen LogP contribution in [-0.2, 0) is 24.3 Å². The Morgan fingerprint density at radius 2 is 2.10 bits per heavy atom. The Morgan fingerprint density at radius 1 is 1.38 bits per heavy atom. The molecule has 2 rings (SSSR count). The van der Waals surface area contributed by atoms with Crippen LogP contribution in [0.2, 0.25) is 0 Å². The fourth-order valence-corrected chi connectivity index (χ4v) is 4.68. The second kappa shape index (κ2) is 7.04. The van der Waals surface area contributed by atoms with E-state index in [0.29, 0.717) is 26.0 Å². The van der Waals surface area contributed by atoms with Gasteiger partial charge in [-0.25, -0.2) is 8.42 Å². The molecule has 7 nitrogen and oxygen atoms in total. The minimum Gasteiger partial charge on any atom is -0.468 e. The van der Waals surface area contributed by atoms with Crippen molar-refractivity contribution in [3.05, 3.63) is 0 Å². The molecule has 0 aromatic rings. The number of hydrogen-bond acceptors (Lipinski definition) is 6. The molecule has 1 atom stereocenters.